The molecule has 0 radical (unpaired) electrons. The molecule has 2 aliphatic rings. The molecule has 136 valence electrons. The third-order valence-corrected chi connectivity index (χ3v) is 6.39. The largest absolute Gasteiger partial charge is 0.380 e. The van der Waals surface area contributed by atoms with Crippen molar-refractivity contribution in [2.24, 2.45) is 5.92 Å². The molecule has 0 spiro atoms. The third-order valence-electron chi connectivity index (χ3n) is 6.39. The Morgan fingerprint density at radius 3 is 2.07 bits per heavy atom. The highest BCUT2D eigenvalue weighted by Gasteiger charge is 2.49. The summed E-state index contributed by atoms with van der Waals surface area (Å²) in [5.41, 5.74) is 5.07. The predicted molar refractivity (Wildman–Crippen MR) is 110 cm³/mol. The molecule has 1 aliphatic carbocycles. The lowest BCUT2D eigenvalue weighted by atomic mass is 9.79. The molecule has 0 aromatic heterocycles. The molecule has 3 aromatic carbocycles. The van der Waals surface area contributed by atoms with E-state index in [0.29, 0.717) is 0 Å². The fourth-order valence-electron chi connectivity index (χ4n) is 4.99. The van der Waals surface area contributed by atoms with Crippen molar-refractivity contribution in [3.05, 3.63) is 95.6 Å². The molecular formula is C25H25NO. The van der Waals surface area contributed by atoms with Crippen LogP contribution in [-0.2, 0) is 12.0 Å². The lowest BCUT2D eigenvalue weighted by molar-refractivity contribution is 0.0243. The third kappa shape index (κ3) is 2.72. The molecule has 0 bridgehead atoms. The van der Waals surface area contributed by atoms with E-state index in [9.17, 15) is 5.11 Å². The van der Waals surface area contributed by atoms with Crippen LogP contribution in [0.2, 0.25) is 0 Å². The van der Waals surface area contributed by atoms with E-state index in [2.05, 4.69) is 83.8 Å². The Morgan fingerprint density at radius 2 is 1.41 bits per heavy atom. The average Bonchev–Trinajstić information content (AvgIpc) is 3.31. The van der Waals surface area contributed by atoms with E-state index in [1.807, 2.05) is 0 Å². The Balaban J connectivity index is 1.40. The molecule has 2 nitrogen and oxygen atoms in total. The Morgan fingerprint density at radius 1 is 0.815 bits per heavy atom. The summed E-state index contributed by atoms with van der Waals surface area (Å²) in [7, 11) is 0. The van der Waals surface area contributed by atoms with Gasteiger partial charge in [-0.15, -0.1) is 0 Å². The topological polar surface area (TPSA) is 23.5 Å². The van der Waals surface area contributed by atoms with Crippen LogP contribution in [0.15, 0.2) is 78.9 Å². The summed E-state index contributed by atoms with van der Waals surface area (Å²) in [5.74, 6) is 0.234. The Hall–Kier alpha value is -2.42. The second kappa shape index (κ2) is 6.63. The number of aliphatic hydroxyl groups is 1. The Bertz CT molecular complexity index is 904. The molecular weight excluding hydrogens is 330 g/mol. The highest BCUT2D eigenvalue weighted by Crippen LogP contribution is 2.52. The van der Waals surface area contributed by atoms with Gasteiger partial charge < -0.3 is 10.0 Å². The number of nitrogens with zero attached hydrogens (tertiary/aromatic N) is 1. The SMILES string of the molecule is OC1(C2CCN(CCc3ccccc3)C2)c2ccccc2-c2ccccc21. The maximum atomic E-state index is 12.0. The van der Waals surface area contributed by atoms with Crippen LogP contribution in [0.1, 0.15) is 23.1 Å². The zero-order valence-corrected chi connectivity index (χ0v) is 15.5. The van der Waals surface area contributed by atoms with E-state index < -0.39 is 5.60 Å². The van der Waals surface area contributed by atoms with Crippen LogP contribution in [-0.4, -0.2) is 29.6 Å². The zero-order chi connectivity index (χ0) is 18.3. The Labute approximate surface area is 161 Å². The summed E-state index contributed by atoms with van der Waals surface area (Å²) in [5, 5.41) is 12.0. The molecule has 1 heterocycles. The second-order valence-corrected chi connectivity index (χ2v) is 7.88. The monoisotopic (exact) mass is 355 g/mol. The number of likely N-dealkylation sites (tertiary alicyclic amines) is 1. The van der Waals surface area contributed by atoms with Crippen LogP contribution < -0.4 is 0 Å². The number of benzene rings is 3. The van der Waals surface area contributed by atoms with Gasteiger partial charge in [0, 0.05) is 19.0 Å². The van der Waals surface area contributed by atoms with Crippen LogP contribution >= 0.6 is 0 Å². The van der Waals surface area contributed by atoms with E-state index in [-0.39, 0.29) is 5.92 Å². The van der Waals surface area contributed by atoms with Crippen LogP contribution in [0.5, 0.6) is 0 Å². The standard InChI is InChI=1S/C25H25NO/c27-25(20-15-17-26(18-20)16-14-19-8-2-1-3-9-19)23-12-6-4-10-21(23)22-11-5-7-13-24(22)25/h1-13,20,27H,14-18H2. The number of rotatable bonds is 4. The van der Waals surface area contributed by atoms with Gasteiger partial charge in [0.05, 0.1) is 0 Å². The minimum Gasteiger partial charge on any atom is -0.380 e. The fraction of sp³-hybridized carbons (Fsp3) is 0.280. The smallest absolute Gasteiger partial charge is 0.120 e. The quantitative estimate of drug-likeness (QED) is 0.746. The van der Waals surface area contributed by atoms with Crippen LogP contribution in [0.25, 0.3) is 11.1 Å². The molecule has 1 aliphatic heterocycles. The van der Waals surface area contributed by atoms with E-state index in [1.54, 1.807) is 0 Å². The van der Waals surface area contributed by atoms with Gasteiger partial charge in [0.15, 0.2) is 0 Å². The van der Waals surface area contributed by atoms with Gasteiger partial charge >= 0.3 is 0 Å². The minimum absolute atomic E-state index is 0.234. The molecule has 1 atom stereocenters. The van der Waals surface area contributed by atoms with Crippen LogP contribution in [0, 0.1) is 5.92 Å². The minimum atomic E-state index is -0.866. The highest BCUT2D eigenvalue weighted by atomic mass is 16.3. The molecule has 3 aromatic rings. The first-order valence-corrected chi connectivity index (χ1v) is 9.95. The zero-order valence-electron chi connectivity index (χ0n) is 15.5. The van der Waals surface area contributed by atoms with Crippen molar-refractivity contribution < 1.29 is 5.11 Å². The molecule has 0 amide bonds. The molecule has 1 fully saturated rings. The fourth-order valence-corrected chi connectivity index (χ4v) is 4.99. The molecule has 27 heavy (non-hydrogen) atoms. The van der Waals surface area contributed by atoms with E-state index in [0.717, 1.165) is 43.6 Å². The Kier molecular flexibility index (Phi) is 4.11. The maximum absolute atomic E-state index is 12.0. The molecule has 1 saturated heterocycles. The molecule has 1 unspecified atom stereocenters. The highest BCUT2D eigenvalue weighted by molar-refractivity contribution is 5.80. The summed E-state index contributed by atoms with van der Waals surface area (Å²) in [6.07, 6.45) is 2.10. The van der Waals surface area contributed by atoms with E-state index in [1.165, 1.54) is 16.7 Å². The first kappa shape index (κ1) is 16.7. The van der Waals surface area contributed by atoms with Gasteiger partial charge in [-0.1, -0.05) is 78.9 Å². The lowest BCUT2D eigenvalue weighted by Crippen LogP contribution is -2.36. The van der Waals surface area contributed by atoms with Crippen molar-refractivity contribution in [1.29, 1.82) is 0 Å². The van der Waals surface area contributed by atoms with E-state index >= 15 is 0 Å². The van der Waals surface area contributed by atoms with Gasteiger partial charge in [-0.05, 0) is 47.2 Å². The lowest BCUT2D eigenvalue weighted by Gasteiger charge is -2.32. The van der Waals surface area contributed by atoms with Gasteiger partial charge in [0.2, 0.25) is 0 Å². The summed E-state index contributed by atoms with van der Waals surface area (Å²) >= 11 is 0. The van der Waals surface area contributed by atoms with Crippen molar-refractivity contribution in [3.8, 4) is 11.1 Å². The molecule has 1 N–H and O–H groups in total. The van der Waals surface area contributed by atoms with Crippen LogP contribution in [0.4, 0.5) is 0 Å². The molecule has 0 saturated carbocycles. The van der Waals surface area contributed by atoms with Gasteiger partial charge in [-0.25, -0.2) is 0 Å². The van der Waals surface area contributed by atoms with Crippen LogP contribution in [0.3, 0.4) is 0 Å². The number of hydrogen-bond donors (Lipinski definition) is 1. The molecule has 5 rings (SSSR count). The van der Waals surface area contributed by atoms with Crippen molar-refractivity contribution in [1.82, 2.24) is 4.90 Å². The molecule has 2 heteroatoms. The second-order valence-electron chi connectivity index (χ2n) is 7.88. The average molecular weight is 355 g/mol. The van der Waals surface area contributed by atoms with Gasteiger partial charge in [-0.3, -0.25) is 0 Å². The maximum Gasteiger partial charge on any atom is 0.120 e. The first-order valence-electron chi connectivity index (χ1n) is 9.95. The van der Waals surface area contributed by atoms with E-state index in [4.69, 9.17) is 0 Å². The summed E-state index contributed by atoms with van der Waals surface area (Å²) in [6, 6.07) is 27.5. The van der Waals surface area contributed by atoms with Crippen molar-refractivity contribution >= 4 is 0 Å². The predicted octanol–water partition coefficient (Wildman–Crippen LogP) is 4.47. The van der Waals surface area contributed by atoms with Crippen molar-refractivity contribution in [3.63, 3.8) is 0 Å². The first-order chi connectivity index (χ1) is 13.3. The normalized spacial score (nSPS) is 20.4. The van der Waals surface area contributed by atoms with Gasteiger partial charge in [-0.2, -0.15) is 0 Å². The van der Waals surface area contributed by atoms with Gasteiger partial charge in [0.25, 0.3) is 0 Å². The number of hydrogen-bond acceptors (Lipinski definition) is 2. The van der Waals surface area contributed by atoms with Crippen molar-refractivity contribution in [2.75, 3.05) is 19.6 Å². The van der Waals surface area contributed by atoms with Crippen molar-refractivity contribution in [2.45, 2.75) is 18.4 Å². The summed E-state index contributed by atoms with van der Waals surface area (Å²) in [6.45, 7) is 3.07. The number of fused-ring (bicyclic) bond motifs is 3. The van der Waals surface area contributed by atoms with Gasteiger partial charge in [0.1, 0.15) is 5.60 Å². The summed E-state index contributed by atoms with van der Waals surface area (Å²) in [4.78, 5) is 2.51. The summed E-state index contributed by atoms with van der Waals surface area (Å²) < 4.78 is 0.